The monoisotopic (exact) mass is 148 g/mol. The highest BCUT2D eigenvalue weighted by Gasteiger charge is 2.02. The normalized spacial score (nSPS) is 9.82. The summed E-state index contributed by atoms with van der Waals surface area (Å²) >= 11 is 0. The van der Waals surface area contributed by atoms with Gasteiger partial charge in [-0.05, 0) is 0 Å². The second-order valence-corrected chi connectivity index (χ2v) is 1.80. The average molecular weight is 148 g/mol. The van der Waals surface area contributed by atoms with Gasteiger partial charge in [0.05, 0.1) is 6.20 Å². The molecular weight excluding hydrogens is 144 g/mol. The predicted octanol–water partition coefficient (Wildman–Crippen LogP) is 0.527. The molecule has 0 radical (unpaired) electrons. The molecule has 5 nitrogen and oxygen atoms in total. The fourth-order valence-electron chi connectivity index (χ4n) is 0.684. The number of hydrogen-bond acceptors (Lipinski definition) is 5. The van der Waals surface area contributed by atoms with Crippen LogP contribution in [0.3, 0.4) is 0 Å². The molecule has 0 fully saturated rings. The van der Waals surface area contributed by atoms with Crippen molar-refractivity contribution < 1.29 is 4.42 Å². The van der Waals surface area contributed by atoms with Gasteiger partial charge < -0.3 is 4.42 Å². The zero-order valence-electron chi connectivity index (χ0n) is 5.51. The molecule has 0 spiro atoms. The van der Waals surface area contributed by atoms with Crippen LogP contribution in [-0.4, -0.2) is 19.9 Å². The molecular formula is C6H4N4O. The lowest BCUT2D eigenvalue weighted by atomic mass is 10.6. The van der Waals surface area contributed by atoms with E-state index in [1.807, 2.05) is 0 Å². The molecule has 0 atom stereocenters. The van der Waals surface area contributed by atoms with E-state index < -0.39 is 0 Å². The standard InChI is InChI=1S/C6H4N4O/c1-2-11-6(8-1)5-9-3-7-4-10-5/h1-4H. The summed E-state index contributed by atoms with van der Waals surface area (Å²) < 4.78 is 4.96. The van der Waals surface area contributed by atoms with E-state index in [2.05, 4.69) is 19.9 Å². The van der Waals surface area contributed by atoms with Gasteiger partial charge in [-0.1, -0.05) is 0 Å². The first-order valence-corrected chi connectivity index (χ1v) is 2.98. The van der Waals surface area contributed by atoms with Crippen molar-refractivity contribution in [1.82, 2.24) is 19.9 Å². The van der Waals surface area contributed by atoms with Crippen LogP contribution >= 0.6 is 0 Å². The lowest BCUT2D eigenvalue weighted by Crippen LogP contribution is -1.87. The van der Waals surface area contributed by atoms with Crippen LogP contribution in [0.15, 0.2) is 29.5 Å². The molecule has 0 aromatic carbocycles. The molecule has 0 saturated carbocycles. The fraction of sp³-hybridized carbons (Fsp3) is 0. The Balaban J connectivity index is 2.46. The first-order chi connectivity index (χ1) is 5.47. The number of aromatic nitrogens is 4. The molecule has 0 aliphatic heterocycles. The van der Waals surface area contributed by atoms with Crippen LogP contribution in [0, 0.1) is 0 Å². The van der Waals surface area contributed by atoms with Crippen LogP contribution in [0.25, 0.3) is 11.7 Å². The van der Waals surface area contributed by atoms with Crippen LogP contribution in [0.1, 0.15) is 0 Å². The molecule has 11 heavy (non-hydrogen) atoms. The van der Waals surface area contributed by atoms with Crippen molar-refractivity contribution >= 4 is 0 Å². The van der Waals surface area contributed by atoms with Gasteiger partial charge in [0, 0.05) is 0 Å². The second kappa shape index (κ2) is 2.45. The van der Waals surface area contributed by atoms with Crippen LogP contribution in [-0.2, 0) is 0 Å². The summed E-state index contributed by atoms with van der Waals surface area (Å²) in [6.07, 6.45) is 5.80. The molecule has 2 rings (SSSR count). The maximum atomic E-state index is 4.96. The Hall–Kier alpha value is -1.78. The second-order valence-electron chi connectivity index (χ2n) is 1.80. The number of nitrogens with zero attached hydrogens (tertiary/aromatic N) is 4. The average Bonchev–Trinajstić information content (AvgIpc) is 2.58. The molecule has 0 aliphatic rings. The highest BCUT2D eigenvalue weighted by Crippen LogP contribution is 2.07. The number of rotatable bonds is 1. The zero-order valence-corrected chi connectivity index (χ0v) is 5.51. The SMILES string of the molecule is c1ncnc(-c2ncco2)n1. The first-order valence-electron chi connectivity index (χ1n) is 2.98. The number of oxazole rings is 1. The molecule has 0 aliphatic carbocycles. The van der Waals surface area contributed by atoms with Crippen molar-refractivity contribution in [1.29, 1.82) is 0 Å². The molecule has 2 heterocycles. The van der Waals surface area contributed by atoms with E-state index in [0.29, 0.717) is 11.7 Å². The van der Waals surface area contributed by atoms with Gasteiger partial charge in [-0.25, -0.2) is 19.9 Å². The summed E-state index contributed by atoms with van der Waals surface area (Å²) in [4.78, 5) is 15.2. The summed E-state index contributed by atoms with van der Waals surface area (Å²) in [5.41, 5.74) is 0. The maximum absolute atomic E-state index is 4.96. The zero-order chi connectivity index (χ0) is 7.52. The van der Waals surface area contributed by atoms with Gasteiger partial charge in [0.2, 0.25) is 5.82 Å². The minimum Gasteiger partial charge on any atom is -0.442 e. The van der Waals surface area contributed by atoms with E-state index in [1.165, 1.54) is 18.9 Å². The van der Waals surface area contributed by atoms with Crippen molar-refractivity contribution in [3.8, 4) is 11.7 Å². The van der Waals surface area contributed by atoms with Crippen LogP contribution in [0.4, 0.5) is 0 Å². The third-order valence-electron chi connectivity index (χ3n) is 1.12. The Bertz CT molecular complexity index is 318. The summed E-state index contributed by atoms with van der Waals surface area (Å²) in [6.45, 7) is 0. The third kappa shape index (κ3) is 1.07. The van der Waals surface area contributed by atoms with E-state index in [1.54, 1.807) is 6.20 Å². The third-order valence-corrected chi connectivity index (χ3v) is 1.12. The molecule has 54 valence electrons. The summed E-state index contributed by atoms with van der Waals surface area (Å²) in [6, 6.07) is 0. The first kappa shape index (κ1) is 5.96. The van der Waals surface area contributed by atoms with E-state index >= 15 is 0 Å². The van der Waals surface area contributed by atoms with Crippen molar-refractivity contribution in [2.24, 2.45) is 0 Å². The van der Waals surface area contributed by atoms with Gasteiger partial charge in [0.1, 0.15) is 18.9 Å². The van der Waals surface area contributed by atoms with Crippen LogP contribution < -0.4 is 0 Å². The fourth-order valence-corrected chi connectivity index (χ4v) is 0.684. The molecule has 0 N–H and O–H groups in total. The van der Waals surface area contributed by atoms with E-state index in [-0.39, 0.29) is 0 Å². The van der Waals surface area contributed by atoms with E-state index in [9.17, 15) is 0 Å². The Morgan fingerprint density at radius 1 is 1.09 bits per heavy atom. The highest BCUT2D eigenvalue weighted by atomic mass is 16.3. The predicted molar refractivity (Wildman–Crippen MR) is 35.3 cm³/mol. The molecule has 2 aromatic rings. The lowest BCUT2D eigenvalue weighted by molar-refractivity contribution is 0.568. The Morgan fingerprint density at radius 3 is 2.55 bits per heavy atom. The van der Waals surface area contributed by atoms with Gasteiger partial charge in [0.25, 0.3) is 5.89 Å². The molecule has 2 aromatic heterocycles. The smallest absolute Gasteiger partial charge is 0.264 e. The van der Waals surface area contributed by atoms with Gasteiger partial charge in [0.15, 0.2) is 0 Å². The lowest BCUT2D eigenvalue weighted by Gasteiger charge is -1.88. The van der Waals surface area contributed by atoms with Crippen LogP contribution in [0.2, 0.25) is 0 Å². The van der Waals surface area contributed by atoms with E-state index in [0.717, 1.165) is 0 Å². The van der Waals surface area contributed by atoms with Crippen LogP contribution in [0.5, 0.6) is 0 Å². The minimum atomic E-state index is 0.410. The molecule has 0 amide bonds. The van der Waals surface area contributed by atoms with Crippen molar-refractivity contribution in [3.63, 3.8) is 0 Å². The molecule has 0 unspecified atom stereocenters. The Kier molecular flexibility index (Phi) is 1.33. The summed E-state index contributed by atoms with van der Waals surface area (Å²) in [7, 11) is 0. The minimum absolute atomic E-state index is 0.410. The number of hydrogen-bond donors (Lipinski definition) is 0. The van der Waals surface area contributed by atoms with Gasteiger partial charge >= 0.3 is 0 Å². The molecule has 0 saturated heterocycles. The molecule has 5 heteroatoms. The highest BCUT2D eigenvalue weighted by molar-refractivity contribution is 5.37. The van der Waals surface area contributed by atoms with Gasteiger partial charge in [-0.2, -0.15) is 0 Å². The Labute approximate surface area is 62.2 Å². The van der Waals surface area contributed by atoms with Gasteiger partial charge in [-0.3, -0.25) is 0 Å². The quantitative estimate of drug-likeness (QED) is 0.590. The molecule has 0 bridgehead atoms. The summed E-state index contributed by atoms with van der Waals surface area (Å²) in [5.74, 6) is 0.859. The van der Waals surface area contributed by atoms with Gasteiger partial charge in [-0.15, -0.1) is 0 Å². The largest absolute Gasteiger partial charge is 0.442 e. The summed E-state index contributed by atoms with van der Waals surface area (Å²) in [5, 5.41) is 0. The topological polar surface area (TPSA) is 64.7 Å². The van der Waals surface area contributed by atoms with Crippen molar-refractivity contribution in [2.75, 3.05) is 0 Å². The van der Waals surface area contributed by atoms with Crippen molar-refractivity contribution in [2.45, 2.75) is 0 Å². The van der Waals surface area contributed by atoms with Crippen molar-refractivity contribution in [3.05, 3.63) is 25.1 Å². The van der Waals surface area contributed by atoms with E-state index in [4.69, 9.17) is 4.42 Å². The Morgan fingerprint density at radius 2 is 1.91 bits per heavy atom. The maximum Gasteiger partial charge on any atom is 0.264 e.